The van der Waals surface area contributed by atoms with E-state index in [0.29, 0.717) is 19.2 Å². The third kappa shape index (κ3) is 6.89. The van der Waals surface area contributed by atoms with E-state index in [9.17, 15) is 13.2 Å². The van der Waals surface area contributed by atoms with Crippen molar-refractivity contribution in [2.24, 2.45) is 0 Å². The lowest BCUT2D eigenvalue weighted by Crippen LogP contribution is -2.47. The van der Waals surface area contributed by atoms with E-state index in [-0.39, 0.29) is 34.0 Å². The molecule has 1 aromatic carbocycles. The number of nitrogens with zero attached hydrogens (tertiary/aromatic N) is 1. The highest BCUT2D eigenvalue weighted by molar-refractivity contribution is 7.89. The Balaban J connectivity index is 1.62. The van der Waals surface area contributed by atoms with Gasteiger partial charge in [-0.15, -0.1) is 0 Å². The lowest BCUT2D eigenvalue weighted by Gasteiger charge is -2.35. The molecule has 0 aliphatic carbocycles. The molecule has 2 unspecified atom stereocenters. The smallest absolute Gasteiger partial charge is 0.251 e. The maximum Gasteiger partial charge on any atom is 0.251 e. The number of hydrogen-bond donors (Lipinski definition) is 2. The van der Waals surface area contributed by atoms with Gasteiger partial charge in [-0.05, 0) is 63.4 Å². The molecule has 9 heteroatoms. The molecule has 3 rings (SSSR count). The minimum atomic E-state index is -3.84. The van der Waals surface area contributed by atoms with Gasteiger partial charge in [-0.2, -0.15) is 0 Å². The minimum absolute atomic E-state index is 0.0814. The number of ether oxygens (including phenoxy) is 1. The second-order valence-corrected chi connectivity index (χ2v) is 10.5. The van der Waals surface area contributed by atoms with Crippen LogP contribution in [0.2, 0.25) is 5.02 Å². The van der Waals surface area contributed by atoms with Crippen LogP contribution >= 0.6 is 11.6 Å². The molecule has 174 valence electrons. The van der Waals surface area contributed by atoms with E-state index in [0.717, 1.165) is 45.2 Å². The fraction of sp³-hybridized carbons (Fsp3) is 0.682. The SMILES string of the molecule is CCCCN1CCCCC1CNC(=O)c1ccc(Cl)c(S(=O)(=O)NCC2CCCO2)c1. The largest absolute Gasteiger partial charge is 0.377 e. The molecule has 2 N–H and O–H groups in total. The molecule has 2 aliphatic rings. The summed E-state index contributed by atoms with van der Waals surface area (Å²) in [6.07, 6.45) is 7.38. The van der Waals surface area contributed by atoms with Crippen LogP contribution in [0.15, 0.2) is 23.1 Å². The third-order valence-corrected chi connectivity index (χ3v) is 7.96. The van der Waals surface area contributed by atoms with Crippen LogP contribution in [-0.2, 0) is 14.8 Å². The monoisotopic (exact) mass is 471 g/mol. The number of hydrogen-bond acceptors (Lipinski definition) is 5. The van der Waals surface area contributed by atoms with E-state index in [1.165, 1.54) is 25.0 Å². The Morgan fingerprint density at radius 1 is 1.23 bits per heavy atom. The zero-order valence-corrected chi connectivity index (χ0v) is 19.8. The first kappa shape index (κ1) is 24.5. The van der Waals surface area contributed by atoms with Crippen molar-refractivity contribution in [2.75, 3.05) is 32.8 Å². The van der Waals surface area contributed by atoms with Gasteiger partial charge in [-0.3, -0.25) is 9.69 Å². The van der Waals surface area contributed by atoms with Crippen molar-refractivity contribution in [1.82, 2.24) is 14.9 Å². The van der Waals surface area contributed by atoms with Crippen molar-refractivity contribution in [3.05, 3.63) is 28.8 Å². The number of rotatable bonds is 10. The molecule has 2 heterocycles. The quantitative estimate of drug-likeness (QED) is 0.547. The Labute approximate surface area is 190 Å². The Morgan fingerprint density at radius 3 is 2.81 bits per heavy atom. The van der Waals surface area contributed by atoms with Crippen molar-refractivity contribution < 1.29 is 17.9 Å². The Kier molecular flexibility index (Phi) is 9.16. The number of nitrogens with one attached hydrogen (secondary N) is 2. The Morgan fingerprint density at radius 2 is 2.06 bits per heavy atom. The number of unbranched alkanes of at least 4 members (excludes halogenated alkanes) is 1. The molecule has 0 saturated carbocycles. The van der Waals surface area contributed by atoms with E-state index in [4.69, 9.17) is 16.3 Å². The highest BCUT2D eigenvalue weighted by atomic mass is 35.5. The summed E-state index contributed by atoms with van der Waals surface area (Å²) in [7, 11) is -3.84. The van der Waals surface area contributed by atoms with Gasteiger partial charge in [0.25, 0.3) is 5.91 Å². The lowest BCUT2D eigenvalue weighted by atomic mass is 10.0. The maximum absolute atomic E-state index is 12.8. The van der Waals surface area contributed by atoms with E-state index < -0.39 is 10.0 Å². The van der Waals surface area contributed by atoms with Crippen LogP contribution in [-0.4, -0.2) is 64.2 Å². The fourth-order valence-corrected chi connectivity index (χ4v) is 5.79. The minimum Gasteiger partial charge on any atom is -0.377 e. The second-order valence-electron chi connectivity index (χ2n) is 8.38. The summed E-state index contributed by atoms with van der Waals surface area (Å²) in [5.74, 6) is -0.284. The van der Waals surface area contributed by atoms with Gasteiger partial charge < -0.3 is 10.1 Å². The molecule has 0 radical (unpaired) electrons. The number of likely N-dealkylation sites (tertiary alicyclic amines) is 1. The standard InChI is InChI=1S/C22H34ClN3O4S/c1-2-3-11-26-12-5-4-7-18(26)15-24-22(27)17-9-10-20(23)21(14-17)31(28,29)25-16-19-8-6-13-30-19/h9-10,14,18-19,25H,2-8,11-13,15-16H2,1H3,(H,24,27). The van der Waals surface area contributed by atoms with E-state index in [1.807, 2.05) is 0 Å². The molecule has 2 saturated heterocycles. The van der Waals surface area contributed by atoms with Crippen LogP contribution in [0, 0.1) is 0 Å². The molecule has 0 aromatic heterocycles. The number of carbonyl (C=O) groups excluding carboxylic acids is 1. The average Bonchev–Trinajstić information content (AvgIpc) is 3.29. The molecule has 7 nitrogen and oxygen atoms in total. The van der Waals surface area contributed by atoms with Crippen LogP contribution in [0.3, 0.4) is 0 Å². The van der Waals surface area contributed by atoms with Crippen molar-refractivity contribution in [1.29, 1.82) is 0 Å². The molecule has 2 fully saturated rings. The number of sulfonamides is 1. The molecule has 2 atom stereocenters. The number of halogens is 1. The first-order valence-corrected chi connectivity index (χ1v) is 13.2. The van der Waals surface area contributed by atoms with Crippen LogP contribution < -0.4 is 10.0 Å². The summed E-state index contributed by atoms with van der Waals surface area (Å²) in [5, 5.41) is 3.08. The Bertz CT molecular complexity index is 843. The van der Waals surface area contributed by atoms with E-state index >= 15 is 0 Å². The topological polar surface area (TPSA) is 87.7 Å². The van der Waals surface area contributed by atoms with Crippen LogP contribution in [0.25, 0.3) is 0 Å². The van der Waals surface area contributed by atoms with Crippen LogP contribution in [0.1, 0.15) is 62.2 Å². The summed E-state index contributed by atoms with van der Waals surface area (Å²) >= 11 is 6.16. The molecule has 0 bridgehead atoms. The lowest BCUT2D eigenvalue weighted by molar-refractivity contribution is 0.0912. The van der Waals surface area contributed by atoms with E-state index in [1.54, 1.807) is 6.07 Å². The summed E-state index contributed by atoms with van der Waals surface area (Å²) in [6, 6.07) is 4.70. The number of amides is 1. The number of piperidine rings is 1. The Hall–Kier alpha value is -1.19. The summed E-state index contributed by atoms with van der Waals surface area (Å²) in [6.45, 7) is 5.72. The second kappa shape index (κ2) is 11.6. The predicted molar refractivity (Wildman–Crippen MR) is 122 cm³/mol. The summed E-state index contributed by atoms with van der Waals surface area (Å²) in [4.78, 5) is 15.1. The zero-order valence-electron chi connectivity index (χ0n) is 18.2. The summed E-state index contributed by atoms with van der Waals surface area (Å²) < 4.78 is 33.5. The van der Waals surface area contributed by atoms with Crippen molar-refractivity contribution >= 4 is 27.5 Å². The van der Waals surface area contributed by atoms with Crippen molar-refractivity contribution in [3.8, 4) is 0 Å². The van der Waals surface area contributed by atoms with E-state index in [2.05, 4.69) is 21.9 Å². The van der Waals surface area contributed by atoms with Gasteiger partial charge in [0.05, 0.1) is 11.1 Å². The number of benzene rings is 1. The highest BCUT2D eigenvalue weighted by Gasteiger charge is 2.25. The van der Waals surface area contributed by atoms with Crippen LogP contribution in [0.4, 0.5) is 0 Å². The number of carbonyl (C=O) groups is 1. The normalized spacial score (nSPS) is 22.5. The fourth-order valence-electron chi connectivity index (χ4n) is 4.20. The highest BCUT2D eigenvalue weighted by Crippen LogP contribution is 2.23. The first-order valence-electron chi connectivity index (χ1n) is 11.3. The third-order valence-electron chi connectivity index (χ3n) is 6.05. The summed E-state index contributed by atoms with van der Waals surface area (Å²) in [5.41, 5.74) is 0.290. The molecule has 1 aromatic rings. The van der Waals surface area contributed by atoms with Crippen molar-refractivity contribution in [3.63, 3.8) is 0 Å². The van der Waals surface area contributed by atoms with Gasteiger partial charge in [0, 0.05) is 31.3 Å². The van der Waals surface area contributed by atoms with Crippen LogP contribution in [0.5, 0.6) is 0 Å². The van der Waals surface area contributed by atoms with Gasteiger partial charge in [-0.25, -0.2) is 13.1 Å². The first-order chi connectivity index (χ1) is 14.9. The molecule has 0 spiro atoms. The molecular weight excluding hydrogens is 438 g/mol. The van der Waals surface area contributed by atoms with Crippen molar-refractivity contribution in [2.45, 2.75) is 68.9 Å². The molecule has 31 heavy (non-hydrogen) atoms. The maximum atomic E-state index is 12.8. The molecule has 2 aliphatic heterocycles. The van der Waals surface area contributed by atoms with Gasteiger partial charge in [-0.1, -0.05) is 31.4 Å². The van der Waals surface area contributed by atoms with Gasteiger partial charge in [0.2, 0.25) is 10.0 Å². The van der Waals surface area contributed by atoms with Gasteiger partial charge >= 0.3 is 0 Å². The zero-order chi connectivity index (χ0) is 22.3. The van der Waals surface area contributed by atoms with Gasteiger partial charge in [0.15, 0.2) is 0 Å². The van der Waals surface area contributed by atoms with Gasteiger partial charge in [0.1, 0.15) is 4.90 Å². The molecular formula is C22H34ClN3O4S. The predicted octanol–water partition coefficient (Wildman–Crippen LogP) is 3.18. The molecule has 1 amide bonds. The average molecular weight is 472 g/mol.